The molecule has 0 saturated carbocycles. The number of rotatable bonds is 6. The Morgan fingerprint density at radius 1 is 1.62 bits per heavy atom. The summed E-state index contributed by atoms with van der Waals surface area (Å²) < 4.78 is 0. The van der Waals surface area contributed by atoms with Crippen LogP contribution in [0.2, 0.25) is 0 Å². The molecule has 0 amide bonds. The number of aliphatic imine (C=N–C) groups is 1. The smallest absolute Gasteiger partial charge is 0.0389 e. The van der Waals surface area contributed by atoms with Crippen LogP contribution >= 0.6 is 11.6 Å². The Labute approximate surface area is 104 Å². The summed E-state index contributed by atoms with van der Waals surface area (Å²) in [5.74, 6) is 0. The van der Waals surface area contributed by atoms with Crippen molar-refractivity contribution in [1.29, 1.82) is 0 Å². The minimum atomic E-state index is 0.331. The van der Waals surface area contributed by atoms with Crippen molar-refractivity contribution in [2.75, 3.05) is 26.7 Å². The molecule has 1 rings (SSSR count). The minimum Gasteiger partial charge on any atom is -0.302 e. The van der Waals surface area contributed by atoms with E-state index in [-0.39, 0.29) is 0 Å². The minimum absolute atomic E-state index is 0.331. The summed E-state index contributed by atoms with van der Waals surface area (Å²) in [6.45, 7) is 5.25. The summed E-state index contributed by atoms with van der Waals surface area (Å²) in [4.78, 5) is 6.77. The lowest BCUT2D eigenvalue weighted by molar-refractivity contribution is 0.363. The van der Waals surface area contributed by atoms with E-state index < -0.39 is 0 Å². The van der Waals surface area contributed by atoms with Crippen LogP contribution in [0.4, 0.5) is 0 Å². The number of alkyl halides is 1. The van der Waals surface area contributed by atoms with Gasteiger partial charge in [0.25, 0.3) is 0 Å². The Bertz CT molecular complexity index is 248. The number of hydrogen-bond acceptors (Lipinski definition) is 2. The molecule has 0 aromatic carbocycles. The molecule has 0 aliphatic carbocycles. The van der Waals surface area contributed by atoms with Crippen LogP contribution in [0.3, 0.4) is 0 Å². The van der Waals surface area contributed by atoms with Gasteiger partial charge < -0.3 is 4.90 Å². The van der Waals surface area contributed by atoms with E-state index in [1.165, 1.54) is 5.57 Å². The van der Waals surface area contributed by atoms with Gasteiger partial charge in [0, 0.05) is 31.2 Å². The maximum Gasteiger partial charge on any atom is 0.0389 e. The van der Waals surface area contributed by atoms with Crippen molar-refractivity contribution in [3.8, 4) is 0 Å². The van der Waals surface area contributed by atoms with Gasteiger partial charge in [-0.15, -0.1) is 11.6 Å². The molecule has 0 aromatic rings. The van der Waals surface area contributed by atoms with E-state index in [9.17, 15) is 0 Å². The predicted molar refractivity (Wildman–Crippen MR) is 72.7 cm³/mol. The predicted octanol–water partition coefficient (Wildman–Crippen LogP) is 3.12. The highest BCUT2D eigenvalue weighted by Crippen LogP contribution is 2.09. The van der Waals surface area contributed by atoms with Gasteiger partial charge in [-0.2, -0.15) is 0 Å². The molecule has 3 heteroatoms. The van der Waals surface area contributed by atoms with E-state index in [0.717, 1.165) is 45.3 Å². The first-order chi connectivity index (χ1) is 7.72. The van der Waals surface area contributed by atoms with Crippen LogP contribution in [0.15, 0.2) is 16.6 Å². The molecule has 0 fully saturated rings. The Kier molecular flexibility index (Phi) is 6.74. The molecular formula is C13H23ClN2. The molecule has 1 unspecified atom stereocenters. The molecule has 0 saturated heterocycles. The molecular weight excluding hydrogens is 220 g/mol. The van der Waals surface area contributed by atoms with E-state index >= 15 is 0 Å². The van der Waals surface area contributed by atoms with Gasteiger partial charge in [0.05, 0.1) is 0 Å². The molecule has 0 radical (unpaired) electrons. The first-order valence-electron chi connectivity index (χ1n) is 6.24. The van der Waals surface area contributed by atoms with Gasteiger partial charge in [0.15, 0.2) is 0 Å². The second kappa shape index (κ2) is 7.86. The lowest BCUT2D eigenvalue weighted by atomic mass is 10.1. The maximum absolute atomic E-state index is 6.04. The van der Waals surface area contributed by atoms with Gasteiger partial charge in [-0.25, -0.2) is 0 Å². The molecule has 2 nitrogen and oxygen atoms in total. The van der Waals surface area contributed by atoms with Crippen LogP contribution in [0, 0.1) is 0 Å². The highest BCUT2D eigenvalue weighted by Gasteiger charge is 2.05. The third kappa shape index (κ3) is 5.66. The van der Waals surface area contributed by atoms with Crippen LogP contribution in [0.25, 0.3) is 0 Å². The van der Waals surface area contributed by atoms with Crippen molar-refractivity contribution in [3.05, 3.63) is 11.6 Å². The van der Waals surface area contributed by atoms with Crippen LogP contribution in [-0.4, -0.2) is 43.2 Å². The largest absolute Gasteiger partial charge is 0.302 e. The fourth-order valence-corrected chi connectivity index (χ4v) is 1.85. The maximum atomic E-state index is 6.04. The molecule has 92 valence electrons. The SMILES string of the molecule is CCC(Cl)CCC/N=C/C1=CCN(C)CC1. The quantitative estimate of drug-likeness (QED) is 0.397. The molecule has 16 heavy (non-hydrogen) atoms. The Morgan fingerprint density at radius 2 is 2.44 bits per heavy atom. The molecule has 1 aliphatic heterocycles. The van der Waals surface area contributed by atoms with Gasteiger partial charge in [0.1, 0.15) is 0 Å². The monoisotopic (exact) mass is 242 g/mol. The normalized spacial score (nSPS) is 20.1. The van der Waals surface area contributed by atoms with Crippen LogP contribution in [0.5, 0.6) is 0 Å². The van der Waals surface area contributed by atoms with E-state index in [2.05, 4.69) is 29.9 Å². The Balaban J connectivity index is 2.13. The molecule has 0 N–H and O–H groups in total. The number of halogens is 1. The van der Waals surface area contributed by atoms with E-state index in [0.29, 0.717) is 5.38 Å². The van der Waals surface area contributed by atoms with E-state index in [1.807, 2.05) is 6.21 Å². The number of likely N-dealkylation sites (N-methyl/N-ethyl adjacent to an activating group) is 1. The van der Waals surface area contributed by atoms with Crippen molar-refractivity contribution in [3.63, 3.8) is 0 Å². The third-order valence-corrected chi connectivity index (χ3v) is 3.48. The van der Waals surface area contributed by atoms with Crippen LogP contribution < -0.4 is 0 Å². The van der Waals surface area contributed by atoms with Crippen molar-refractivity contribution in [2.24, 2.45) is 4.99 Å². The number of hydrogen-bond donors (Lipinski definition) is 0. The highest BCUT2D eigenvalue weighted by molar-refractivity contribution is 6.20. The third-order valence-electron chi connectivity index (χ3n) is 2.95. The van der Waals surface area contributed by atoms with E-state index in [4.69, 9.17) is 11.6 Å². The average Bonchev–Trinajstić information content (AvgIpc) is 2.31. The summed E-state index contributed by atoms with van der Waals surface area (Å²) in [5, 5.41) is 0.331. The lowest BCUT2D eigenvalue weighted by Crippen LogP contribution is -2.24. The summed E-state index contributed by atoms with van der Waals surface area (Å²) in [6.07, 6.45) is 8.68. The molecule has 1 aliphatic rings. The zero-order valence-electron chi connectivity index (χ0n) is 10.5. The standard InChI is InChI=1S/C13H23ClN2/c1-3-13(14)5-4-8-15-11-12-6-9-16(2)10-7-12/h6,11,13H,3-5,7-10H2,1-2H3/b15-11+. The summed E-state index contributed by atoms with van der Waals surface area (Å²) in [6, 6.07) is 0. The summed E-state index contributed by atoms with van der Waals surface area (Å²) in [7, 11) is 2.15. The highest BCUT2D eigenvalue weighted by atomic mass is 35.5. The molecule has 0 aromatic heterocycles. The molecule has 0 bridgehead atoms. The first-order valence-corrected chi connectivity index (χ1v) is 6.67. The van der Waals surface area contributed by atoms with Crippen molar-refractivity contribution in [1.82, 2.24) is 4.90 Å². The molecule has 0 spiro atoms. The zero-order valence-corrected chi connectivity index (χ0v) is 11.2. The van der Waals surface area contributed by atoms with Gasteiger partial charge in [0.2, 0.25) is 0 Å². The zero-order chi connectivity index (χ0) is 11.8. The molecule has 1 atom stereocenters. The fraction of sp³-hybridized carbons (Fsp3) is 0.769. The second-order valence-corrected chi connectivity index (χ2v) is 5.09. The van der Waals surface area contributed by atoms with Crippen LogP contribution in [-0.2, 0) is 0 Å². The fourth-order valence-electron chi connectivity index (χ4n) is 1.69. The molecule has 1 heterocycles. The first kappa shape index (κ1) is 13.7. The van der Waals surface area contributed by atoms with Crippen molar-refractivity contribution in [2.45, 2.75) is 38.0 Å². The van der Waals surface area contributed by atoms with Gasteiger partial charge in [-0.05, 0) is 38.3 Å². The van der Waals surface area contributed by atoms with Crippen molar-refractivity contribution >= 4 is 17.8 Å². The summed E-state index contributed by atoms with van der Waals surface area (Å²) >= 11 is 6.04. The second-order valence-electron chi connectivity index (χ2n) is 4.47. The Morgan fingerprint density at radius 3 is 3.06 bits per heavy atom. The van der Waals surface area contributed by atoms with Gasteiger partial charge >= 0.3 is 0 Å². The average molecular weight is 243 g/mol. The van der Waals surface area contributed by atoms with Gasteiger partial charge in [-0.3, -0.25) is 4.99 Å². The lowest BCUT2D eigenvalue weighted by Gasteiger charge is -2.19. The van der Waals surface area contributed by atoms with Gasteiger partial charge in [-0.1, -0.05) is 13.0 Å². The van der Waals surface area contributed by atoms with Crippen molar-refractivity contribution < 1.29 is 0 Å². The topological polar surface area (TPSA) is 15.6 Å². The summed E-state index contributed by atoms with van der Waals surface area (Å²) in [5.41, 5.74) is 1.39. The number of nitrogens with zero attached hydrogens (tertiary/aromatic N) is 2. The van der Waals surface area contributed by atoms with Crippen LogP contribution in [0.1, 0.15) is 32.6 Å². The Hall–Kier alpha value is -0.340. The van der Waals surface area contributed by atoms with E-state index in [1.54, 1.807) is 0 Å².